The number of aromatic amines is 1. The zero-order valence-electron chi connectivity index (χ0n) is 29.5. The molecule has 1 aromatic heterocycles. The molecule has 5 rings (SSSR count). The fraction of sp³-hybridized carbons (Fsp3) is 0.562. The van der Waals surface area contributed by atoms with E-state index in [1.165, 1.54) is 0 Å². The lowest BCUT2D eigenvalue weighted by Crippen LogP contribution is -2.59. The van der Waals surface area contributed by atoms with Gasteiger partial charge in [-0.25, -0.2) is 13.9 Å². The third kappa shape index (κ3) is 12.4. The number of aliphatic hydroxyl groups excluding tert-OH is 5. The molecule has 3 heterocycles. The molecule has 56 heavy (non-hydrogen) atoms. The van der Waals surface area contributed by atoms with Gasteiger partial charge in [0, 0.05) is 12.3 Å². The molecule has 0 bridgehead atoms. The molecule has 0 aliphatic carbocycles. The van der Waals surface area contributed by atoms with Crippen molar-refractivity contribution in [3.8, 4) is 0 Å². The monoisotopic (exact) mass is 838 g/mol. The van der Waals surface area contributed by atoms with Crippen LogP contribution in [0.1, 0.15) is 11.8 Å². The van der Waals surface area contributed by atoms with Crippen molar-refractivity contribution in [2.75, 3.05) is 52.9 Å². The molecule has 22 nitrogen and oxygen atoms in total. The van der Waals surface area contributed by atoms with Gasteiger partial charge in [0.05, 0.1) is 59.5 Å². The van der Waals surface area contributed by atoms with Crippen LogP contribution >= 0.6 is 15.6 Å². The second kappa shape index (κ2) is 20.3. The van der Waals surface area contributed by atoms with Crippen molar-refractivity contribution in [3.63, 3.8) is 0 Å². The number of ether oxygens (including phenoxy) is 6. The zero-order valence-corrected chi connectivity index (χ0v) is 31.3. The molecule has 0 spiro atoms. The molecule has 3 aromatic rings. The van der Waals surface area contributed by atoms with Gasteiger partial charge in [-0.2, -0.15) is 4.31 Å². The predicted octanol–water partition coefficient (Wildman–Crippen LogP) is -1.37. The third-order valence-electron chi connectivity index (χ3n) is 8.46. The number of H-pyrrole nitrogens is 1. The van der Waals surface area contributed by atoms with E-state index in [9.17, 15) is 54.0 Å². The average molecular weight is 839 g/mol. The second-order valence-corrected chi connectivity index (χ2v) is 15.5. The summed E-state index contributed by atoms with van der Waals surface area (Å²) in [6.07, 6.45) is -15.3. The number of fused-ring (bicyclic) bond motifs is 1. The van der Waals surface area contributed by atoms with Gasteiger partial charge >= 0.3 is 21.3 Å². The minimum atomic E-state index is -5.66. The van der Waals surface area contributed by atoms with E-state index in [1.54, 1.807) is 0 Å². The van der Waals surface area contributed by atoms with Gasteiger partial charge in [0.2, 0.25) is 0 Å². The first-order chi connectivity index (χ1) is 26.6. The Morgan fingerprint density at radius 1 is 0.679 bits per heavy atom. The van der Waals surface area contributed by atoms with Gasteiger partial charge in [-0.05, 0) is 22.4 Å². The molecule has 8 N–H and O–H groups in total. The van der Waals surface area contributed by atoms with Crippen LogP contribution in [-0.4, -0.2) is 147 Å². The smallest absolute Gasteiger partial charge is 0.387 e. The average Bonchev–Trinajstić information content (AvgIpc) is 3.43. The number of phosphoric acid groups is 2. The summed E-state index contributed by atoms with van der Waals surface area (Å²) in [5.41, 5.74) is -0.700. The number of rotatable bonds is 21. The Hall–Kier alpha value is -2.80. The summed E-state index contributed by atoms with van der Waals surface area (Å²) in [7, 11) is -11.2. The Morgan fingerprint density at radius 2 is 1.30 bits per heavy atom. The lowest BCUT2D eigenvalue weighted by molar-refractivity contribution is -0.283. The Bertz CT molecular complexity index is 1930. The maximum absolute atomic E-state index is 12.6. The number of nitrogens with one attached hydrogen (secondary N) is 1. The number of benzene rings is 2. The van der Waals surface area contributed by atoms with Gasteiger partial charge in [-0.15, -0.1) is 0 Å². The molecule has 2 aliphatic rings. The number of aliphatic hydroxyl groups is 5. The molecule has 2 saturated heterocycles. The van der Waals surface area contributed by atoms with E-state index in [1.807, 2.05) is 41.4 Å². The standard InChI is InChI=1S/C32H44N2O20P2/c35-24-7-8-34(32(41)33-24)30-28(39)26(37)23(51-30)18-50-55(42,43)54-56(44,45)53-31-29(40)27(38)25(36)22(52-31)17-49-14-12-47-10-9-46-11-13-48-16-19-5-6-20-3-1-2-4-21(20)15-19/h1-8,15,22-23,25-31,36-40H,9-14,16-18H2,(H,42,43)(H,44,45)(H,33,35,41)/t22-,23-,25+,26-,27+,28-,29-,30-,31-/m1/s1. The van der Waals surface area contributed by atoms with Crippen LogP contribution in [0.4, 0.5) is 0 Å². The maximum Gasteiger partial charge on any atom is 0.483 e. The Balaban J connectivity index is 0.967. The zero-order chi connectivity index (χ0) is 40.5. The normalized spacial score (nSPS) is 28.9. The highest BCUT2D eigenvalue weighted by Crippen LogP contribution is 2.61. The predicted molar refractivity (Wildman–Crippen MR) is 188 cm³/mol. The summed E-state index contributed by atoms with van der Waals surface area (Å²) >= 11 is 0. The van der Waals surface area contributed by atoms with E-state index in [4.69, 9.17) is 28.4 Å². The van der Waals surface area contributed by atoms with Crippen molar-refractivity contribution in [2.45, 2.75) is 61.9 Å². The Kier molecular flexibility index (Phi) is 16.0. The highest BCUT2D eigenvalue weighted by molar-refractivity contribution is 7.61. The highest BCUT2D eigenvalue weighted by Gasteiger charge is 2.49. The van der Waals surface area contributed by atoms with Crippen LogP contribution in [0, 0.1) is 0 Å². The lowest BCUT2D eigenvalue weighted by Gasteiger charge is -2.40. The quantitative estimate of drug-likeness (QED) is 0.0453. The molecule has 24 heteroatoms. The molecular formula is C32H44N2O20P2. The molecular weight excluding hydrogens is 794 g/mol. The first-order valence-electron chi connectivity index (χ1n) is 17.2. The van der Waals surface area contributed by atoms with Gasteiger partial charge in [0.15, 0.2) is 12.5 Å². The number of hydrogen-bond donors (Lipinski definition) is 8. The molecule has 2 aliphatic heterocycles. The summed E-state index contributed by atoms with van der Waals surface area (Å²) in [6, 6.07) is 15.1. The Labute approximate surface area is 317 Å². The SMILES string of the molecule is O=c1ccn([C@@H]2O[C@H](COP(=O)(O)OP(=O)(O)O[C@H]3O[C@H](COCCOCCOCCOCc4ccc5ccccc5c4)[C@H](O)[C@H](O)[C@H]3O)[C@@H](O)[C@H]2O)c(=O)[nH]1. The summed E-state index contributed by atoms with van der Waals surface area (Å²) in [5.74, 6) is 0. The van der Waals surface area contributed by atoms with Crippen molar-refractivity contribution in [3.05, 3.63) is 81.1 Å². The first kappa shape index (κ1) is 44.3. The lowest BCUT2D eigenvalue weighted by atomic mass is 9.99. The van der Waals surface area contributed by atoms with Crippen LogP contribution < -0.4 is 11.2 Å². The van der Waals surface area contributed by atoms with Crippen molar-refractivity contribution < 1.29 is 86.2 Å². The summed E-state index contributed by atoms with van der Waals surface area (Å²) in [6.45, 7) is 0.322. The molecule has 0 saturated carbocycles. The highest BCUT2D eigenvalue weighted by atomic mass is 31.3. The van der Waals surface area contributed by atoms with Crippen molar-refractivity contribution >= 4 is 26.4 Å². The van der Waals surface area contributed by atoms with Crippen LogP contribution in [0.2, 0.25) is 0 Å². The molecule has 2 unspecified atom stereocenters. The van der Waals surface area contributed by atoms with Gasteiger partial charge < -0.3 is 63.7 Å². The van der Waals surface area contributed by atoms with Gasteiger partial charge in [-0.3, -0.25) is 23.4 Å². The molecule has 2 fully saturated rings. The fourth-order valence-electron chi connectivity index (χ4n) is 5.61. The van der Waals surface area contributed by atoms with E-state index in [-0.39, 0.29) is 26.4 Å². The summed E-state index contributed by atoms with van der Waals surface area (Å²) in [4.78, 5) is 45.5. The fourth-order valence-corrected chi connectivity index (χ4v) is 7.77. The van der Waals surface area contributed by atoms with Crippen LogP contribution in [0.25, 0.3) is 10.8 Å². The second-order valence-electron chi connectivity index (χ2n) is 12.5. The van der Waals surface area contributed by atoms with E-state index in [0.29, 0.717) is 19.8 Å². The molecule has 2 aromatic carbocycles. The minimum absolute atomic E-state index is 0.0168. The van der Waals surface area contributed by atoms with Crippen molar-refractivity contribution in [1.29, 1.82) is 0 Å². The number of phosphoric ester groups is 2. The molecule has 11 atom stereocenters. The van der Waals surface area contributed by atoms with Crippen molar-refractivity contribution in [2.24, 2.45) is 0 Å². The number of nitrogens with zero attached hydrogens (tertiary/aromatic N) is 1. The van der Waals surface area contributed by atoms with Crippen LogP contribution in [0.3, 0.4) is 0 Å². The van der Waals surface area contributed by atoms with Gasteiger partial charge in [0.1, 0.15) is 42.7 Å². The van der Waals surface area contributed by atoms with Crippen LogP contribution in [-0.2, 0) is 57.5 Å². The first-order valence-corrected chi connectivity index (χ1v) is 20.1. The van der Waals surface area contributed by atoms with Crippen LogP contribution in [0.15, 0.2) is 64.3 Å². The number of hydrogen-bond acceptors (Lipinski definition) is 18. The van der Waals surface area contributed by atoms with E-state index >= 15 is 0 Å². The maximum atomic E-state index is 12.6. The minimum Gasteiger partial charge on any atom is -0.387 e. The topological polar surface area (TPSA) is 314 Å². The third-order valence-corrected chi connectivity index (χ3v) is 11.1. The van der Waals surface area contributed by atoms with E-state index in [2.05, 4.69) is 19.4 Å². The Morgan fingerprint density at radius 3 is 2.00 bits per heavy atom. The van der Waals surface area contributed by atoms with E-state index < -0.39 is 95.4 Å². The van der Waals surface area contributed by atoms with E-state index in [0.717, 1.165) is 33.2 Å². The van der Waals surface area contributed by atoms with Crippen molar-refractivity contribution in [1.82, 2.24) is 9.55 Å². The summed E-state index contributed by atoms with van der Waals surface area (Å²) in [5, 5.41) is 53.8. The molecule has 312 valence electrons. The molecule has 0 amide bonds. The largest absolute Gasteiger partial charge is 0.483 e. The van der Waals surface area contributed by atoms with Gasteiger partial charge in [0.25, 0.3) is 5.56 Å². The molecule has 0 radical (unpaired) electrons. The van der Waals surface area contributed by atoms with Gasteiger partial charge in [-0.1, -0.05) is 36.4 Å². The summed E-state index contributed by atoms with van der Waals surface area (Å²) < 4.78 is 71.9. The van der Waals surface area contributed by atoms with Crippen LogP contribution in [0.5, 0.6) is 0 Å². The number of aromatic nitrogens is 2.